The molecule has 0 spiro atoms. The van der Waals surface area contributed by atoms with Crippen LogP contribution in [-0.4, -0.2) is 66.4 Å². The Morgan fingerprint density at radius 1 is 0.923 bits per heavy atom. The number of nitrogens with zero attached hydrogens (tertiary/aromatic N) is 2. The van der Waals surface area contributed by atoms with Gasteiger partial charge in [-0.1, -0.05) is 30.3 Å². The van der Waals surface area contributed by atoms with E-state index in [4.69, 9.17) is 0 Å². The van der Waals surface area contributed by atoms with Crippen molar-refractivity contribution < 1.29 is 9.59 Å². The second-order valence-corrected chi connectivity index (χ2v) is 7.97. The molecule has 2 N–H and O–H groups in total. The molecular formula is C20H32N4O2. The average molecular weight is 361 g/mol. The van der Waals surface area contributed by atoms with E-state index in [1.54, 1.807) is 0 Å². The summed E-state index contributed by atoms with van der Waals surface area (Å²) in [6, 6.07) is 9.93. The maximum absolute atomic E-state index is 12.2. The molecule has 6 heteroatoms. The van der Waals surface area contributed by atoms with E-state index in [9.17, 15) is 9.59 Å². The molecule has 26 heavy (non-hydrogen) atoms. The smallest absolute Gasteiger partial charge is 0.234 e. The highest BCUT2D eigenvalue weighted by molar-refractivity contribution is 5.79. The standard InChI is InChI=1S/C20H32N4O2/c1-20(2,3)22-19(26)16-24-11-7-10-23(12-13-24)15-18(25)21-14-17-8-5-4-6-9-17/h4-6,8-9H,7,10-16H2,1-3H3,(H,21,25)(H,22,26). The van der Waals surface area contributed by atoms with Crippen molar-refractivity contribution in [3.05, 3.63) is 35.9 Å². The van der Waals surface area contributed by atoms with Crippen molar-refractivity contribution >= 4 is 11.8 Å². The maximum atomic E-state index is 12.2. The van der Waals surface area contributed by atoms with Gasteiger partial charge in [0.05, 0.1) is 13.1 Å². The molecular weight excluding hydrogens is 328 g/mol. The van der Waals surface area contributed by atoms with Crippen LogP contribution in [0.3, 0.4) is 0 Å². The zero-order chi connectivity index (χ0) is 19.0. The van der Waals surface area contributed by atoms with Gasteiger partial charge in [-0.05, 0) is 45.8 Å². The van der Waals surface area contributed by atoms with Crippen LogP contribution < -0.4 is 10.6 Å². The van der Waals surface area contributed by atoms with Crippen LogP contribution in [0, 0.1) is 0 Å². The Morgan fingerprint density at radius 2 is 1.50 bits per heavy atom. The van der Waals surface area contributed by atoms with Crippen LogP contribution in [0.1, 0.15) is 32.8 Å². The van der Waals surface area contributed by atoms with Gasteiger partial charge in [0, 0.05) is 25.2 Å². The predicted octanol–water partition coefficient (Wildman–Crippen LogP) is 1.23. The van der Waals surface area contributed by atoms with Gasteiger partial charge in [0.15, 0.2) is 0 Å². The number of benzene rings is 1. The molecule has 0 radical (unpaired) electrons. The summed E-state index contributed by atoms with van der Waals surface area (Å²) < 4.78 is 0. The first kappa shape index (κ1) is 20.4. The molecule has 1 aromatic rings. The Hall–Kier alpha value is -1.92. The lowest BCUT2D eigenvalue weighted by Gasteiger charge is -2.25. The number of rotatable bonds is 6. The first-order valence-corrected chi connectivity index (χ1v) is 9.38. The summed E-state index contributed by atoms with van der Waals surface area (Å²) in [6.07, 6.45) is 0.967. The SMILES string of the molecule is CC(C)(C)NC(=O)CN1CCCN(CC(=O)NCc2ccccc2)CC1. The molecule has 0 saturated carbocycles. The average Bonchev–Trinajstić information content (AvgIpc) is 2.77. The van der Waals surface area contributed by atoms with Gasteiger partial charge in [0.1, 0.15) is 0 Å². The van der Waals surface area contributed by atoms with Gasteiger partial charge >= 0.3 is 0 Å². The van der Waals surface area contributed by atoms with Crippen LogP contribution in [0.25, 0.3) is 0 Å². The first-order valence-electron chi connectivity index (χ1n) is 9.38. The molecule has 2 rings (SSSR count). The largest absolute Gasteiger partial charge is 0.351 e. The second-order valence-electron chi connectivity index (χ2n) is 7.97. The minimum atomic E-state index is -0.203. The third-order valence-corrected chi connectivity index (χ3v) is 4.26. The van der Waals surface area contributed by atoms with Crippen molar-refractivity contribution in [2.45, 2.75) is 39.3 Å². The Balaban J connectivity index is 1.70. The van der Waals surface area contributed by atoms with E-state index >= 15 is 0 Å². The van der Waals surface area contributed by atoms with Crippen molar-refractivity contribution in [2.24, 2.45) is 0 Å². The molecule has 1 saturated heterocycles. The monoisotopic (exact) mass is 360 g/mol. The zero-order valence-electron chi connectivity index (χ0n) is 16.3. The van der Waals surface area contributed by atoms with Crippen molar-refractivity contribution in [1.29, 1.82) is 0 Å². The molecule has 1 aliphatic rings. The second kappa shape index (κ2) is 9.69. The number of hydrogen-bond donors (Lipinski definition) is 2. The van der Waals surface area contributed by atoms with Crippen LogP contribution in [-0.2, 0) is 16.1 Å². The topological polar surface area (TPSA) is 64.7 Å². The molecule has 0 unspecified atom stereocenters. The first-order chi connectivity index (χ1) is 12.3. The van der Waals surface area contributed by atoms with E-state index in [0.717, 1.165) is 38.2 Å². The van der Waals surface area contributed by atoms with Gasteiger partial charge in [-0.2, -0.15) is 0 Å². The van der Waals surface area contributed by atoms with Crippen molar-refractivity contribution in [1.82, 2.24) is 20.4 Å². The van der Waals surface area contributed by atoms with Crippen LogP contribution in [0.5, 0.6) is 0 Å². The zero-order valence-corrected chi connectivity index (χ0v) is 16.3. The molecule has 2 amide bonds. The van der Waals surface area contributed by atoms with E-state index in [1.807, 2.05) is 51.1 Å². The van der Waals surface area contributed by atoms with E-state index < -0.39 is 0 Å². The Bertz CT molecular complexity index is 583. The lowest BCUT2D eigenvalue weighted by molar-refractivity contribution is -0.124. The molecule has 144 valence electrons. The van der Waals surface area contributed by atoms with Gasteiger partial charge in [0.2, 0.25) is 11.8 Å². The van der Waals surface area contributed by atoms with Crippen molar-refractivity contribution in [3.8, 4) is 0 Å². The number of amides is 2. The molecule has 0 atom stereocenters. The minimum absolute atomic E-state index is 0.0489. The summed E-state index contributed by atoms with van der Waals surface area (Å²) in [5.41, 5.74) is 0.902. The fourth-order valence-electron chi connectivity index (χ4n) is 3.06. The van der Waals surface area contributed by atoms with Gasteiger partial charge in [0.25, 0.3) is 0 Å². The van der Waals surface area contributed by atoms with Gasteiger partial charge in [-0.25, -0.2) is 0 Å². The van der Waals surface area contributed by atoms with Crippen molar-refractivity contribution in [2.75, 3.05) is 39.3 Å². The van der Waals surface area contributed by atoms with Gasteiger partial charge in [-0.3, -0.25) is 19.4 Å². The third-order valence-electron chi connectivity index (χ3n) is 4.26. The summed E-state index contributed by atoms with van der Waals surface area (Å²) in [5, 5.41) is 5.98. The summed E-state index contributed by atoms with van der Waals surface area (Å²) >= 11 is 0. The summed E-state index contributed by atoms with van der Waals surface area (Å²) in [6.45, 7) is 10.8. The lowest BCUT2D eigenvalue weighted by Crippen LogP contribution is -2.46. The van der Waals surface area contributed by atoms with Crippen LogP contribution in [0.15, 0.2) is 30.3 Å². The van der Waals surface area contributed by atoms with E-state index in [0.29, 0.717) is 19.6 Å². The number of hydrogen-bond acceptors (Lipinski definition) is 4. The molecule has 0 aliphatic carbocycles. The number of carbonyl (C=O) groups is 2. The van der Waals surface area contributed by atoms with Crippen LogP contribution >= 0.6 is 0 Å². The predicted molar refractivity (Wildman–Crippen MR) is 104 cm³/mol. The molecule has 1 aromatic carbocycles. The highest BCUT2D eigenvalue weighted by atomic mass is 16.2. The van der Waals surface area contributed by atoms with Crippen LogP contribution in [0.2, 0.25) is 0 Å². The highest BCUT2D eigenvalue weighted by Gasteiger charge is 2.20. The van der Waals surface area contributed by atoms with Crippen LogP contribution in [0.4, 0.5) is 0 Å². The van der Waals surface area contributed by atoms with E-state index in [2.05, 4.69) is 20.4 Å². The fraction of sp³-hybridized carbons (Fsp3) is 0.600. The molecule has 0 aromatic heterocycles. The number of nitrogens with one attached hydrogen (secondary N) is 2. The van der Waals surface area contributed by atoms with E-state index in [-0.39, 0.29) is 17.4 Å². The summed E-state index contributed by atoms with van der Waals surface area (Å²) in [7, 11) is 0. The molecule has 1 heterocycles. The maximum Gasteiger partial charge on any atom is 0.234 e. The normalized spacial score (nSPS) is 16.7. The van der Waals surface area contributed by atoms with Gasteiger partial charge in [-0.15, -0.1) is 0 Å². The molecule has 0 bridgehead atoms. The lowest BCUT2D eigenvalue weighted by atomic mass is 10.1. The molecule has 1 fully saturated rings. The molecule has 1 aliphatic heterocycles. The van der Waals surface area contributed by atoms with Crippen molar-refractivity contribution in [3.63, 3.8) is 0 Å². The summed E-state index contributed by atoms with van der Waals surface area (Å²) in [4.78, 5) is 28.6. The fourth-order valence-corrected chi connectivity index (χ4v) is 3.06. The highest BCUT2D eigenvalue weighted by Crippen LogP contribution is 2.04. The summed E-state index contributed by atoms with van der Waals surface area (Å²) in [5.74, 6) is 0.110. The Morgan fingerprint density at radius 3 is 2.08 bits per heavy atom. The minimum Gasteiger partial charge on any atom is -0.351 e. The Kier molecular flexibility index (Phi) is 7.60. The number of carbonyl (C=O) groups excluding carboxylic acids is 2. The molecule has 6 nitrogen and oxygen atoms in total. The quantitative estimate of drug-likeness (QED) is 0.801. The van der Waals surface area contributed by atoms with Gasteiger partial charge < -0.3 is 10.6 Å². The third kappa shape index (κ3) is 7.97. The van der Waals surface area contributed by atoms with E-state index in [1.165, 1.54) is 0 Å². The Labute approximate surface area is 156 Å².